The molecule has 10 heteroatoms. The van der Waals surface area contributed by atoms with Gasteiger partial charge in [0.05, 0.1) is 24.2 Å². The first-order valence-electron chi connectivity index (χ1n) is 12.6. The van der Waals surface area contributed by atoms with Gasteiger partial charge in [-0.3, -0.25) is 14.4 Å². The Morgan fingerprint density at radius 3 is 2.19 bits per heavy atom. The molecule has 0 aliphatic carbocycles. The van der Waals surface area contributed by atoms with E-state index in [4.69, 9.17) is 4.74 Å². The Morgan fingerprint density at radius 1 is 0.973 bits per heavy atom. The number of rotatable bonds is 10. The molecule has 2 atom stereocenters. The smallest absolute Gasteiger partial charge is 0.291 e. The highest BCUT2D eigenvalue weighted by atomic mass is 32.2. The first-order chi connectivity index (χ1) is 17.8. The van der Waals surface area contributed by atoms with Crippen molar-refractivity contribution in [3.8, 4) is 0 Å². The highest BCUT2D eigenvalue weighted by Crippen LogP contribution is 2.38. The van der Waals surface area contributed by atoms with E-state index in [-0.39, 0.29) is 23.5 Å². The van der Waals surface area contributed by atoms with Gasteiger partial charge >= 0.3 is 0 Å². The summed E-state index contributed by atoms with van der Waals surface area (Å²) in [4.78, 5) is 43.7. The van der Waals surface area contributed by atoms with Crippen molar-refractivity contribution in [3.05, 3.63) is 65.7 Å². The summed E-state index contributed by atoms with van der Waals surface area (Å²) in [7, 11) is -3.72. The zero-order valence-electron chi connectivity index (χ0n) is 21.2. The Kier molecular flexibility index (Phi) is 8.53. The molecule has 2 aliphatic rings. The third kappa shape index (κ3) is 5.52. The average molecular weight is 528 g/mol. The second-order valence-corrected chi connectivity index (χ2v) is 11.1. The van der Waals surface area contributed by atoms with Crippen LogP contribution in [0.1, 0.15) is 35.8 Å². The summed E-state index contributed by atoms with van der Waals surface area (Å²) in [5.74, 6) is -3.09. The van der Waals surface area contributed by atoms with E-state index < -0.39 is 39.5 Å². The van der Waals surface area contributed by atoms with E-state index in [1.807, 2.05) is 44.2 Å². The summed E-state index contributed by atoms with van der Waals surface area (Å²) >= 11 is 0. The van der Waals surface area contributed by atoms with Crippen LogP contribution in [0.3, 0.4) is 0 Å². The van der Waals surface area contributed by atoms with Crippen LogP contribution >= 0.6 is 0 Å². The molecule has 2 saturated heterocycles. The number of likely N-dealkylation sites (N-methyl/N-ethyl adjacent to an activating group) is 1. The lowest BCUT2D eigenvalue weighted by molar-refractivity contribution is -0.140. The van der Waals surface area contributed by atoms with Gasteiger partial charge in [0.15, 0.2) is 5.78 Å². The molecular weight excluding hydrogens is 494 g/mol. The molecule has 2 heterocycles. The molecule has 0 spiro atoms. The molecule has 0 N–H and O–H groups in total. The van der Waals surface area contributed by atoms with E-state index in [0.717, 1.165) is 13.1 Å². The molecule has 0 bridgehead atoms. The fraction of sp³-hybridized carbons (Fsp3) is 0.444. The number of hydrogen-bond donors (Lipinski definition) is 0. The molecule has 37 heavy (non-hydrogen) atoms. The number of benzene rings is 2. The Morgan fingerprint density at radius 2 is 1.59 bits per heavy atom. The van der Waals surface area contributed by atoms with Crippen LogP contribution in [0, 0.1) is 5.92 Å². The Labute approximate surface area is 218 Å². The third-order valence-electron chi connectivity index (χ3n) is 7.13. The zero-order valence-corrected chi connectivity index (χ0v) is 22.0. The molecule has 2 aromatic carbocycles. The first-order valence-corrected chi connectivity index (χ1v) is 14.1. The summed E-state index contributed by atoms with van der Waals surface area (Å²) in [5, 5.41) is 0. The number of likely N-dealkylation sites (tertiary alicyclic amines) is 1. The van der Waals surface area contributed by atoms with Crippen LogP contribution in [0.4, 0.5) is 0 Å². The topological polar surface area (TPSA) is 104 Å². The summed E-state index contributed by atoms with van der Waals surface area (Å²) < 4.78 is 32.5. The summed E-state index contributed by atoms with van der Waals surface area (Å²) in [5.41, 5.74) is 0.907. The molecule has 9 nitrogen and oxygen atoms in total. The van der Waals surface area contributed by atoms with Crippen molar-refractivity contribution in [1.82, 2.24) is 14.1 Å². The molecule has 0 radical (unpaired) electrons. The van der Waals surface area contributed by atoms with Gasteiger partial charge in [0.2, 0.25) is 15.8 Å². The molecule has 0 aromatic heterocycles. The van der Waals surface area contributed by atoms with Crippen molar-refractivity contribution in [1.29, 1.82) is 0 Å². The minimum atomic E-state index is -3.72. The van der Waals surface area contributed by atoms with E-state index >= 15 is 0 Å². The standard InChI is InChI=1S/C27H33N3O6S/c1-3-28(4-2)14-15-30-24(20-8-6-5-7-9-20)23(26(32)27(30)33)25(31)21-10-12-22(13-11-21)37(34,35)29-16-18-36-19-17-29/h5-13,23-24H,3-4,14-19H2,1-2H3. The number of ether oxygens (including phenoxy) is 1. The van der Waals surface area contributed by atoms with E-state index in [1.165, 1.54) is 33.5 Å². The largest absolute Gasteiger partial charge is 0.379 e. The maximum atomic E-state index is 13.7. The third-order valence-corrected chi connectivity index (χ3v) is 9.04. The van der Waals surface area contributed by atoms with Crippen molar-refractivity contribution >= 4 is 27.5 Å². The van der Waals surface area contributed by atoms with Crippen LogP contribution in [0.5, 0.6) is 0 Å². The summed E-state index contributed by atoms with van der Waals surface area (Å²) in [6.45, 7) is 7.80. The van der Waals surface area contributed by atoms with Crippen LogP contribution in [0.15, 0.2) is 59.5 Å². The van der Waals surface area contributed by atoms with E-state index in [9.17, 15) is 22.8 Å². The van der Waals surface area contributed by atoms with Gasteiger partial charge in [-0.1, -0.05) is 56.3 Å². The highest BCUT2D eigenvalue weighted by molar-refractivity contribution is 7.89. The van der Waals surface area contributed by atoms with Crippen molar-refractivity contribution in [3.63, 3.8) is 0 Å². The monoisotopic (exact) mass is 527 g/mol. The molecule has 2 fully saturated rings. The Bertz CT molecular complexity index is 1220. The normalized spacial score (nSPS) is 21.1. The molecule has 0 saturated carbocycles. The molecule has 2 aliphatic heterocycles. The van der Waals surface area contributed by atoms with Crippen LogP contribution in [0.2, 0.25) is 0 Å². The van der Waals surface area contributed by atoms with E-state index in [2.05, 4.69) is 4.90 Å². The van der Waals surface area contributed by atoms with Gasteiger partial charge in [-0.25, -0.2) is 8.42 Å². The van der Waals surface area contributed by atoms with Crippen molar-refractivity contribution in [2.75, 3.05) is 52.5 Å². The predicted molar refractivity (Wildman–Crippen MR) is 138 cm³/mol. The number of morpholine rings is 1. The van der Waals surface area contributed by atoms with Crippen LogP contribution in [-0.2, 0) is 24.3 Å². The number of sulfonamides is 1. The lowest BCUT2D eigenvalue weighted by atomic mass is 9.86. The number of amides is 1. The van der Waals surface area contributed by atoms with Crippen LogP contribution in [-0.4, -0.2) is 92.5 Å². The Hall–Kier alpha value is -2.92. The fourth-order valence-electron chi connectivity index (χ4n) is 4.95. The summed E-state index contributed by atoms with van der Waals surface area (Å²) in [6.07, 6.45) is 0. The lowest BCUT2D eigenvalue weighted by Crippen LogP contribution is -2.40. The predicted octanol–water partition coefficient (Wildman–Crippen LogP) is 2.00. The molecular formula is C27H33N3O6S. The molecule has 1 amide bonds. The minimum Gasteiger partial charge on any atom is -0.379 e. The second-order valence-electron chi connectivity index (χ2n) is 9.13. The van der Waals surface area contributed by atoms with Crippen LogP contribution < -0.4 is 0 Å². The zero-order chi connectivity index (χ0) is 26.6. The number of ketones is 2. The lowest BCUT2D eigenvalue weighted by Gasteiger charge is -2.29. The van der Waals surface area contributed by atoms with Gasteiger partial charge in [-0.05, 0) is 30.8 Å². The van der Waals surface area contributed by atoms with Gasteiger partial charge in [0, 0.05) is 31.7 Å². The fourth-order valence-corrected chi connectivity index (χ4v) is 6.35. The number of Topliss-reactive ketones (excluding diaryl/α,β-unsaturated/α-hetero) is 2. The van der Waals surface area contributed by atoms with Crippen molar-refractivity contribution < 1.29 is 27.5 Å². The Balaban J connectivity index is 1.62. The summed E-state index contributed by atoms with van der Waals surface area (Å²) in [6, 6.07) is 14.0. The number of carbonyl (C=O) groups excluding carboxylic acids is 3. The first kappa shape index (κ1) is 27.1. The van der Waals surface area contributed by atoms with Gasteiger partial charge in [0.25, 0.3) is 5.91 Å². The molecule has 2 unspecified atom stereocenters. The molecule has 198 valence electrons. The SMILES string of the molecule is CCN(CC)CCN1C(=O)C(=O)C(C(=O)c2ccc(S(=O)(=O)N3CCOCC3)cc2)C1c1ccccc1. The number of nitrogens with zero attached hydrogens (tertiary/aromatic N) is 3. The van der Waals surface area contributed by atoms with Gasteiger partial charge in [-0.2, -0.15) is 4.31 Å². The van der Waals surface area contributed by atoms with Gasteiger partial charge in [0.1, 0.15) is 5.92 Å². The maximum absolute atomic E-state index is 13.7. The van der Waals surface area contributed by atoms with Crippen LogP contribution in [0.25, 0.3) is 0 Å². The number of carbonyl (C=O) groups is 3. The van der Waals surface area contributed by atoms with Crippen molar-refractivity contribution in [2.45, 2.75) is 24.8 Å². The highest BCUT2D eigenvalue weighted by Gasteiger charge is 2.51. The van der Waals surface area contributed by atoms with Gasteiger partial charge < -0.3 is 14.5 Å². The average Bonchev–Trinajstić information content (AvgIpc) is 3.19. The quantitative estimate of drug-likeness (QED) is 0.264. The number of hydrogen-bond acceptors (Lipinski definition) is 7. The molecule has 4 rings (SSSR count). The molecule has 2 aromatic rings. The minimum absolute atomic E-state index is 0.0697. The van der Waals surface area contributed by atoms with E-state index in [0.29, 0.717) is 31.9 Å². The van der Waals surface area contributed by atoms with Gasteiger partial charge in [-0.15, -0.1) is 0 Å². The van der Waals surface area contributed by atoms with E-state index in [1.54, 1.807) is 0 Å². The van der Waals surface area contributed by atoms with Crippen molar-refractivity contribution in [2.24, 2.45) is 5.92 Å². The maximum Gasteiger partial charge on any atom is 0.291 e. The second kappa shape index (κ2) is 11.6.